The van der Waals surface area contributed by atoms with Crippen molar-refractivity contribution in [2.45, 2.75) is 31.5 Å². The molecule has 2 aromatic heterocycles. The first-order valence-corrected chi connectivity index (χ1v) is 9.91. The van der Waals surface area contributed by atoms with E-state index in [9.17, 15) is 9.90 Å². The van der Waals surface area contributed by atoms with Gasteiger partial charge in [0.15, 0.2) is 4.34 Å². The summed E-state index contributed by atoms with van der Waals surface area (Å²) >= 11 is 2.96. The van der Waals surface area contributed by atoms with E-state index >= 15 is 0 Å². The number of phenols is 1. The maximum absolute atomic E-state index is 12.4. The Hall–Kier alpha value is -2.39. The molecule has 0 saturated heterocycles. The van der Waals surface area contributed by atoms with Crippen LogP contribution in [0.3, 0.4) is 0 Å². The number of H-pyrrole nitrogens is 1. The Morgan fingerprint density at radius 3 is 2.85 bits per heavy atom. The number of hydrogen-bond donors (Lipinski definition) is 3. The van der Waals surface area contributed by atoms with Crippen molar-refractivity contribution in [2.24, 2.45) is 0 Å². The maximum Gasteiger partial charge on any atom is 0.275 e. The summed E-state index contributed by atoms with van der Waals surface area (Å²) in [7, 11) is 0. The lowest BCUT2D eigenvalue weighted by Gasteiger charge is -2.06. The lowest BCUT2D eigenvalue weighted by Crippen LogP contribution is -2.12. The summed E-state index contributed by atoms with van der Waals surface area (Å²) in [5.74, 6) is 0.755. The topological polar surface area (TPSA) is 104 Å². The van der Waals surface area contributed by atoms with E-state index in [1.807, 2.05) is 19.9 Å². The van der Waals surface area contributed by atoms with Crippen LogP contribution in [0.4, 0.5) is 5.13 Å². The second-order valence-electron chi connectivity index (χ2n) is 5.82. The molecule has 1 aromatic carbocycles. The van der Waals surface area contributed by atoms with Gasteiger partial charge in [-0.1, -0.05) is 36.1 Å². The second kappa shape index (κ2) is 7.88. The fourth-order valence-electron chi connectivity index (χ4n) is 2.52. The zero-order valence-corrected chi connectivity index (χ0v) is 16.3. The summed E-state index contributed by atoms with van der Waals surface area (Å²) in [6.45, 7) is 5.91. The van der Waals surface area contributed by atoms with Crippen molar-refractivity contribution in [1.29, 1.82) is 0 Å². The average Bonchev–Trinajstić information content (AvgIpc) is 3.21. The number of phenolic OH excluding ortho intramolecular Hbond substituents is 1. The van der Waals surface area contributed by atoms with Crippen LogP contribution in [-0.4, -0.2) is 37.2 Å². The smallest absolute Gasteiger partial charge is 0.275 e. The van der Waals surface area contributed by atoms with E-state index < -0.39 is 0 Å². The number of carbonyl (C=O) groups is 1. The number of amides is 1. The first-order valence-electron chi connectivity index (χ1n) is 8.11. The molecule has 2 heterocycles. The van der Waals surface area contributed by atoms with E-state index in [-0.39, 0.29) is 17.4 Å². The van der Waals surface area contributed by atoms with E-state index in [1.54, 1.807) is 23.9 Å². The van der Waals surface area contributed by atoms with Gasteiger partial charge in [-0.05, 0) is 43.5 Å². The van der Waals surface area contributed by atoms with E-state index in [0.29, 0.717) is 16.4 Å². The molecule has 0 spiro atoms. The first kappa shape index (κ1) is 18.4. The van der Waals surface area contributed by atoms with Crippen LogP contribution in [0.25, 0.3) is 11.3 Å². The van der Waals surface area contributed by atoms with Gasteiger partial charge in [-0.25, -0.2) is 0 Å². The van der Waals surface area contributed by atoms with Gasteiger partial charge in [0.25, 0.3) is 5.91 Å². The van der Waals surface area contributed by atoms with Crippen LogP contribution in [0.5, 0.6) is 5.75 Å². The van der Waals surface area contributed by atoms with Gasteiger partial charge in [0, 0.05) is 11.3 Å². The zero-order chi connectivity index (χ0) is 18.7. The van der Waals surface area contributed by atoms with Crippen LogP contribution in [-0.2, 0) is 0 Å². The summed E-state index contributed by atoms with van der Waals surface area (Å²) in [5.41, 5.74) is 3.27. The quantitative estimate of drug-likeness (QED) is 0.435. The number of carbonyl (C=O) groups excluding carboxylic acids is 1. The van der Waals surface area contributed by atoms with Gasteiger partial charge in [-0.3, -0.25) is 15.2 Å². The van der Waals surface area contributed by atoms with Crippen LogP contribution >= 0.6 is 23.1 Å². The minimum Gasteiger partial charge on any atom is -0.507 e. The number of aromatic hydroxyl groups is 1. The van der Waals surface area contributed by atoms with Crippen molar-refractivity contribution in [3.63, 3.8) is 0 Å². The highest BCUT2D eigenvalue weighted by atomic mass is 32.2. The molecule has 0 radical (unpaired) electrons. The Morgan fingerprint density at radius 2 is 2.12 bits per heavy atom. The number of rotatable bonds is 6. The highest BCUT2D eigenvalue weighted by Crippen LogP contribution is 2.32. The highest BCUT2D eigenvalue weighted by Gasteiger charge is 2.17. The van der Waals surface area contributed by atoms with Crippen LogP contribution in [0.15, 0.2) is 22.5 Å². The Kier molecular flexibility index (Phi) is 5.58. The lowest BCUT2D eigenvalue weighted by molar-refractivity contribution is 0.102. The molecule has 3 N–H and O–H groups in total. The van der Waals surface area contributed by atoms with Gasteiger partial charge < -0.3 is 5.11 Å². The molecule has 0 fully saturated rings. The average molecular weight is 390 g/mol. The summed E-state index contributed by atoms with van der Waals surface area (Å²) in [4.78, 5) is 12.4. The number of thioether (sulfide) groups is 1. The number of nitrogens with one attached hydrogen (secondary N) is 2. The molecule has 1 amide bonds. The molecule has 0 aliphatic heterocycles. The fraction of sp³-hybridized carbons (Fsp3) is 0.294. The number of aromatic amines is 1. The third-order valence-electron chi connectivity index (χ3n) is 3.59. The molecule has 7 nitrogen and oxygen atoms in total. The van der Waals surface area contributed by atoms with Crippen molar-refractivity contribution in [2.75, 3.05) is 11.1 Å². The molecule has 9 heteroatoms. The summed E-state index contributed by atoms with van der Waals surface area (Å²) in [6.07, 6.45) is 1.05. The molecule has 3 aromatic rings. The Bertz CT molecular complexity index is 912. The van der Waals surface area contributed by atoms with Crippen molar-refractivity contribution < 1.29 is 9.90 Å². The number of aryl methyl sites for hydroxylation is 2. The molecule has 0 aliphatic carbocycles. The predicted octanol–water partition coefficient (Wildman–Crippen LogP) is 4.01. The normalized spacial score (nSPS) is 10.9. The molecule has 0 aliphatic rings. The van der Waals surface area contributed by atoms with E-state index in [4.69, 9.17) is 0 Å². The molecule has 136 valence electrons. The summed E-state index contributed by atoms with van der Waals surface area (Å²) in [6, 6.07) is 5.24. The van der Waals surface area contributed by atoms with Gasteiger partial charge in [0.2, 0.25) is 5.13 Å². The van der Waals surface area contributed by atoms with Crippen molar-refractivity contribution in [3.8, 4) is 17.0 Å². The van der Waals surface area contributed by atoms with Gasteiger partial charge in [0.1, 0.15) is 11.4 Å². The Labute approximate surface area is 159 Å². The molecule has 0 unspecified atom stereocenters. The molecule has 26 heavy (non-hydrogen) atoms. The van der Waals surface area contributed by atoms with Gasteiger partial charge in [-0.15, -0.1) is 10.2 Å². The fourth-order valence-corrected chi connectivity index (χ4v) is 4.19. The van der Waals surface area contributed by atoms with Gasteiger partial charge in [0.05, 0.1) is 5.69 Å². The van der Waals surface area contributed by atoms with Gasteiger partial charge in [-0.2, -0.15) is 5.10 Å². The van der Waals surface area contributed by atoms with Crippen molar-refractivity contribution in [3.05, 3.63) is 35.0 Å². The number of benzene rings is 1. The number of nitrogens with zero attached hydrogens (tertiary/aromatic N) is 3. The Morgan fingerprint density at radius 1 is 1.31 bits per heavy atom. The molecule has 0 atom stereocenters. The summed E-state index contributed by atoms with van der Waals surface area (Å²) in [5, 5.41) is 28.3. The Balaban J connectivity index is 1.75. The van der Waals surface area contributed by atoms with E-state index in [0.717, 1.165) is 27.6 Å². The minimum absolute atomic E-state index is 0.141. The van der Waals surface area contributed by atoms with Crippen molar-refractivity contribution >= 4 is 34.1 Å². The van der Waals surface area contributed by atoms with Crippen LogP contribution in [0, 0.1) is 13.8 Å². The first-order chi connectivity index (χ1) is 12.5. The molecular formula is C17H19N5O2S2. The van der Waals surface area contributed by atoms with E-state index in [1.165, 1.54) is 11.3 Å². The van der Waals surface area contributed by atoms with Crippen LogP contribution in [0.2, 0.25) is 0 Å². The minimum atomic E-state index is -0.351. The predicted molar refractivity (Wildman–Crippen MR) is 104 cm³/mol. The maximum atomic E-state index is 12.4. The van der Waals surface area contributed by atoms with Crippen molar-refractivity contribution in [1.82, 2.24) is 20.4 Å². The zero-order valence-electron chi connectivity index (χ0n) is 14.7. The van der Waals surface area contributed by atoms with E-state index in [2.05, 4.69) is 32.6 Å². The van der Waals surface area contributed by atoms with Gasteiger partial charge >= 0.3 is 0 Å². The molecule has 0 saturated carbocycles. The number of hydrogen-bond acceptors (Lipinski definition) is 7. The third kappa shape index (κ3) is 4.05. The number of aromatic nitrogens is 4. The molecular weight excluding hydrogens is 370 g/mol. The van der Waals surface area contributed by atoms with Crippen LogP contribution < -0.4 is 5.32 Å². The lowest BCUT2D eigenvalue weighted by atomic mass is 10.0. The molecule has 3 rings (SSSR count). The monoisotopic (exact) mass is 389 g/mol. The largest absolute Gasteiger partial charge is 0.507 e. The standard InChI is InChI=1S/C17H19N5O2S2/c1-4-5-25-17-22-21-16(26-17)18-15(24)12-8-11(19-20-12)14-10(3)6-9(2)7-13(14)23/h6-8,23H,4-5H2,1-3H3,(H,19,20)(H,18,21,24). The highest BCUT2D eigenvalue weighted by molar-refractivity contribution is 8.01. The van der Waals surface area contributed by atoms with Crippen LogP contribution in [0.1, 0.15) is 35.0 Å². The molecule has 0 bridgehead atoms. The second-order valence-corrected chi connectivity index (χ2v) is 8.14. The number of anilines is 1. The summed E-state index contributed by atoms with van der Waals surface area (Å²) < 4.78 is 0.827. The third-order valence-corrected chi connectivity index (χ3v) is 5.77. The SMILES string of the molecule is CCCSc1nnc(NC(=O)c2cc(-c3c(C)cc(C)cc3O)n[nH]2)s1.